The van der Waals surface area contributed by atoms with Crippen LogP contribution in [0.2, 0.25) is 0 Å². The van der Waals surface area contributed by atoms with E-state index in [0.717, 1.165) is 19.1 Å². The van der Waals surface area contributed by atoms with Crippen molar-refractivity contribution in [2.24, 2.45) is 5.92 Å². The molecule has 1 aromatic rings. The van der Waals surface area contributed by atoms with E-state index in [2.05, 4.69) is 12.1 Å². The van der Waals surface area contributed by atoms with E-state index in [4.69, 9.17) is 4.18 Å². The maximum Gasteiger partial charge on any atom is 0.264 e. The van der Waals surface area contributed by atoms with Gasteiger partial charge in [-0.1, -0.05) is 24.3 Å². The first-order valence-corrected chi connectivity index (χ1v) is 6.77. The summed E-state index contributed by atoms with van der Waals surface area (Å²) in [6.07, 6.45) is 2.94. The minimum Gasteiger partial charge on any atom is -0.270 e. The molecule has 2 rings (SSSR count). The molecule has 0 fully saturated rings. The molecule has 0 saturated heterocycles. The Morgan fingerprint density at radius 3 is 2.27 bits per heavy atom. The third-order valence-corrected chi connectivity index (χ3v) is 3.22. The molecule has 0 aliphatic heterocycles. The molecule has 1 aliphatic rings. The minimum atomic E-state index is -3.30. The summed E-state index contributed by atoms with van der Waals surface area (Å²) in [7, 11) is -3.30. The molecule has 0 atom stereocenters. The van der Waals surface area contributed by atoms with Gasteiger partial charge in [0.2, 0.25) is 0 Å². The zero-order chi connectivity index (χ0) is 10.9. The van der Waals surface area contributed by atoms with E-state index in [0.29, 0.717) is 12.5 Å². The van der Waals surface area contributed by atoms with Crippen LogP contribution in [0.1, 0.15) is 11.1 Å². The summed E-state index contributed by atoms with van der Waals surface area (Å²) in [6, 6.07) is 8.21. The highest BCUT2D eigenvalue weighted by Crippen LogP contribution is 2.26. The topological polar surface area (TPSA) is 43.4 Å². The maximum atomic E-state index is 10.8. The molecular formula is C11H14O3S. The SMILES string of the molecule is CS(=O)(=O)OCC1Cc2ccccc2C1. The van der Waals surface area contributed by atoms with E-state index >= 15 is 0 Å². The highest BCUT2D eigenvalue weighted by atomic mass is 32.2. The molecule has 0 aromatic heterocycles. The molecular weight excluding hydrogens is 212 g/mol. The number of benzene rings is 1. The van der Waals surface area contributed by atoms with Crippen molar-refractivity contribution in [3.8, 4) is 0 Å². The second kappa shape index (κ2) is 3.94. The van der Waals surface area contributed by atoms with Gasteiger partial charge in [-0.25, -0.2) is 0 Å². The predicted octanol–water partition coefficient (Wildman–Crippen LogP) is 1.38. The molecule has 15 heavy (non-hydrogen) atoms. The smallest absolute Gasteiger partial charge is 0.264 e. The van der Waals surface area contributed by atoms with Gasteiger partial charge in [-0.2, -0.15) is 8.42 Å². The van der Waals surface area contributed by atoms with Crippen molar-refractivity contribution in [3.63, 3.8) is 0 Å². The van der Waals surface area contributed by atoms with E-state index in [1.54, 1.807) is 0 Å². The average Bonchev–Trinajstić information content (AvgIpc) is 2.56. The Labute approximate surface area is 90.2 Å². The predicted molar refractivity (Wildman–Crippen MR) is 58.1 cm³/mol. The molecule has 82 valence electrons. The maximum absolute atomic E-state index is 10.8. The van der Waals surface area contributed by atoms with Crippen molar-refractivity contribution >= 4 is 10.1 Å². The zero-order valence-corrected chi connectivity index (χ0v) is 9.46. The minimum absolute atomic E-state index is 0.299. The molecule has 0 amide bonds. The quantitative estimate of drug-likeness (QED) is 0.731. The lowest BCUT2D eigenvalue weighted by Crippen LogP contribution is -2.13. The fourth-order valence-electron chi connectivity index (χ4n) is 1.99. The number of hydrogen-bond donors (Lipinski definition) is 0. The average molecular weight is 226 g/mol. The standard InChI is InChI=1S/C11H14O3S/c1-15(12,13)14-8-9-6-10-4-2-3-5-11(10)7-9/h2-5,9H,6-8H2,1H3. The Balaban J connectivity index is 1.96. The van der Waals surface area contributed by atoms with Crippen LogP contribution in [0, 0.1) is 5.92 Å². The largest absolute Gasteiger partial charge is 0.270 e. The summed E-state index contributed by atoms with van der Waals surface area (Å²) in [6.45, 7) is 0.299. The molecule has 0 spiro atoms. The van der Waals surface area contributed by atoms with Gasteiger partial charge in [-0.3, -0.25) is 4.18 Å². The Morgan fingerprint density at radius 1 is 1.27 bits per heavy atom. The lowest BCUT2D eigenvalue weighted by atomic mass is 10.1. The monoisotopic (exact) mass is 226 g/mol. The van der Waals surface area contributed by atoms with Crippen LogP contribution in [0.4, 0.5) is 0 Å². The number of rotatable bonds is 3. The first-order valence-electron chi connectivity index (χ1n) is 4.96. The lowest BCUT2D eigenvalue weighted by molar-refractivity contribution is 0.262. The first-order chi connectivity index (χ1) is 7.04. The molecule has 0 bridgehead atoms. The summed E-state index contributed by atoms with van der Waals surface area (Å²) in [5.74, 6) is 0.303. The molecule has 0 heterocycles. The number of fused-ring (bicyclic) bond motifs is 1. The third kappa shape index (κ3) is 2.79. The van der Waals surface area contributed by atoms with Gasteiger partial charge in [0.25, 0.3) is 10.1 Å². The van der Waals surface area contributed by atoms with Gasteiger partial charge >= 0.3 is 0 Å². The summed E-state index contributed by atoms with van der Waals surface area (Å²) < 4.78 is 26.5. The van der Waals surface area contributed by atoms with Gasteiger partial charge in [0.05, 0.1) is 12.9 Å². The van der Waals surface area contributed by atoms with Crippen molar-refractivity contribution in [1.29, 1.82) is 0 Å². The fraction of sp³-hybridized carbons (Fsp3) is 0.455. The van der Waals surface area contributed by atoms with Crippen LogP contribution in [0.25, 0.3) is 0 Å². The molecule has 1 aromatic carbocycles. The fourth-order valence-corrected chi connectivity index (χ4v) is 2.43. The van der Waals surface area contributed by atoms with Gasteiger partial charge < -0.3 is 0 Å². The van der Waals surface area contributed by atoms with Crippen molar-refractivity contribution in [2.45, 2.75) is 12.8 Å². The third-order valence-electron chi connectivity index (χ3n) is 2.65. The molecule has 0 N–H and O–H groups in total. The highest BCUT2D eigenvalue weighted by molar-refractivity contribution is 7.85. The summed E-state index contributed by atoms with van der Waals surface area (Å²) in [5, 5.41) is 0. The van der Waals surface area contributed by atoms with Crippen molar-refractivity contribution in [3.05, 3.63) is 35.4 Å². The van der Waals surface area contributed by atoms with Gasteiger partial charge in [0.15, 0.2) is 0 Å². The molecule has 0 radical (unpaired) electrons. The van der Waals surface area contributed by atoms with E-state index < -0.39 is 10.1 Å². The molecule has 3 nitrogen and oxygen atoms in total. The summed E-state index contributed by atoms with van der Waals surface area (Å²) in [5.41, 5.74) is 2.64. The molecule has 1 aliphatic carbocycles. The van der Waals surface area contributed by atoms with Crippen LogP contribution < -0.4 is 0 Å². The molecule has 0 saturated carbocycles. The summed E-state index contributed by atoms with van der Waals surface area (Å²) in [4.78, 5) is 0. The van der Waals surface area contributed by atoms with Crippen LogP contribution in [0.15, 0.2) is 24.3 Å². The van der Waals surface area contributed by atoms with Crippen LogP contribution in [0.5, 0.6) is 0 Å². The van der Waals surface area contributed by atoms with Crippen LogP contribution in [-0.4, -0.2) is 21.3 Å². The van der Waals surface area contributed by atoms with Crippen LogP contribution >= 0.6 is 0 Å². The van der Waals surface area contributed by atoms with Crippen molar-refractivity contribution in [1.82, 2.24) is 0 Å². The lowest BCUT2D eigenvalue weighted by Gasteiger charge is -2.07. The summed E-state index contributed by atoms with van der Waals surface area (Å²) >= 11 is 0. The van der Waals surface area contributed by atoms with Gasteiger partial charge in [0, 0.05) is 0 Å². The van der Waals surface area contributed by atoms with Crippen molar-refractivity contribution in [2.75, 3.05) is 12.9 Å². The Hall–Kier alpha value is -0.870. The second-order valence-electron chi connectivity index (χ2n) is 4.03. The highest BCUT2D eigenvalue weighted by Gasteiger charge is 2.22. The van der Waals surface area contributed by atoms with Crippen LogP contribution in [-0.2, 0) is 27.1 Å². The first kappa shape index (κ1) is 10.6. The van der Waals surface area contributed by atoms with Gasteiger partial charge in [-0.15, -0.1) is 0 Å². The molecule has 0 unspecified atom stereocenters. The second-order valence-corrected chi connectivity index (χ2v) is 5.68. The van der Waals surface area contributed by atoms with Gasteiger partial charge in [0.1, 0.15) is 0 Å². The molecule has 4 heteroatoms. The van der Waals surface area contributed by atoms with E-state index in [-0.39, 0.29) is 0 Å². The van der Waals surface area contributed by atoms with E-state index in [9.17, 15) is 8.42 Å². The Bertz CT molecular complexity index is 426. The normalized spacial score (nSPS) is 16.6. The Morgan fingerprint density at radius 2 is 1.80 bits per heavy atom. The zero-order valence-electron chi connectivity index (χ0n) is 8.64. The van der Waals surface area contributed by atoms with Gasteiger partial charge in [-0.05, 0) is 29.9 Å². The van der Waals surface area contributed by atoms with Crippen molar-refractivity contribution < 1.29 is 12.6 Å². The van der Waals surface area contributed by atoms with E-state index in [1.165, 1.54) is 11.1 Å². The van der Waals surface area contributed by atoms with E-state index in [1.807, 2.05) is 12.1 Å². The Kier molecular flexibility index (Phi) is 2.80. The number of hydrogen-bond acceptors (Lipinski definition) is 3. The van der Waals surface area contributed by atoms with Crippen LogP contribution in [0.3, 0.4) is 0 Å².